The molecular weight excluding hydrogens is 270 g/mol. The van der Waals surface area contributed by atoms with Gasteiger partial charge in [0.25, 0.3) is 0 Å². The highest BCUT2D eigenvalue weighted by atomic mass is 32.1. The maximum atomic E-state index is 10.5. The Morgan fingerprint density at radius 3 is 1.47 bits per heavy atom. The van der Waals surface area contributed by atoms with Crippen LogP contribution in [0.4, 0.5) is 0 Å². The van der Waals surface area contributed by atoms with Gasteiger partial charge in [0.15, 0.2) is 6.29 Å². The Kier molecular flexibility index (Phi) is 5.01. The van der Waals surface area contributed by atoms with E-state index in [1.807, 2.05) is 0 Å². The number of phosphoric ester groups is 2. The van der Waals surface area contributed by atoms with E-state index in [-0.39, 0.29) is 0 Å². The molecule has 0 aliphatic carbocycles. The lowest BCUT2D eigenvalue weighted by molar-refractivity contribution is -0.0509. The molecule has 0 amide bonds. The Morgan fingerprint density at radius 1 is 1.07 bits per heavy atom. The fourth-order valence-electron chi connectivity index (χ4n) is 0.527. The maximum absolute atomic E-state index is 10.5. The predicted octanol–water partition coefficient (Wildman–Crippen LogP) is 0.239. The predicted molar refractivity (Wildman–Crippen MR) is 53.1 cm³/mol. The van der Waals surface area contributed by atoms with Crippen LogP contribution in [0.2, 0.25) is 0 Å². The van der Waals surface area contributed by atoms with E-state index in [1.165, 1.54) is 13.8 Å². The summed E-state index contributed by atoms with van der Waals surface area (Å²) in [5.41, 5.74) is 0. The van der Waals surface area contributed by atoms with E-state index >= 15 is 0 Å². The van der Waals surface area contributed by atoms with Crippen LogP contribution >= 0.6 is 28.3 Å². The van der Waals surface area contributed by atoms with Crippen molar-refractivity contribution in [2.75, 3.05) is 0 Å². The van der Waals surface area contributed by atoms with Gasteiger partial charge < -0.3 is 19.6 Å². The number of phosphoric acid groups is 2. The number of rotatable bonds is 5. The van der Waals surface area contributed by atoms with E-state index in [4.69, 9.17) is 19.6 Å². The van der Waals surface area contributed by atoms with Gasteiger partial charge in [0.05, 0.1) is 4.75 Å². The van der Waals surface area contributed by atoms with E-state index in [1.54, 1.807) is 0 Å². The molecule has 0 atom stereocenters. The number of hydrogen-bond donors (Lipinski definition) is 5. The lowest BCUT2D eigenvalue weighted by atomic mass is 10.2. The third kappa shape index (κ3) is 8.38. The van der Waals surface area contributed by atoms with Crippen molar-refractivity contribution >= 4 is 28.3 Å². The van der Waals surface area contributed by atoms with Crippen LogP contribution in [0.1, 0.15) is 13.8 Å². The zero-order valence-corrected chi connectivity index (χ0v) is 10.5. The minimum Gasteiger partial charge on any atom is -0.303 e. The largest absolute Gasteiger partial charge is 0.471 e. The molecular formula is C4H12O8P2S. The molecule has 0 saturated heterocycles. The van der Waals surface area contributed by atoms with Crippen molar-refractivity contribution in [1.82, 2.24) is 0 Å². The molecule has 0 fully saturated rings. The minimum atomic E-state index is -4.92. The lowest BCUT2D eigenvalue weighted by Gasteiger charge is -2.29. The standard InChI is InChI=1S/C4H12O8P2S/c1-4(2,15)3(11-13(5,6)7)12-14(8,9)10/h3,15H,1-2H3,(H2,5,6,7)(H2,8,9,10). The molecule has 0 aliphatic rings. The van der Waals surface area contributed by atoms with Crippen LogP contribution in [-0.4, -0.2) is 30.6 Å². The summed E-state index contributed by atoms with van der Waals surface area (Å²) < 4.78 is 27.8. The van der Waals surface area contributed by atoms with Crippen LogP contribution < -0.4 is 0 Å². The smallest absolute Gasteiger partial charge is 0.303 e. The molecule has 0 aromatic carbocycles. The molecule has 0 spiro atoms. The van der Waals surface area contributed by atoms with Gasteiger partial charge in [-0.1, -0.05) is 0 Å². The molecule has 4 N–H and O–H groups in total. The van der Waals surface area contributed by atoms with Crippen molar-refractivity contribution in [2.24, 2.45) is 0 Å². The summed E-state index contributed by atoms with van der Waals surface area (Å²) in [4.78, 5) is 33.9. The van der Waals surface area contributed by atoms with Gasteiger partial charge in [0.2, 0.25) is 0 Å². The normalized spacial score (nSPS) is 14.7. The zero-order valence-electron chi connectivity index (χ0n) is 7.84. The molecule has 0 aromatic rings. The van der Waals surface area contributed by atoms with Crippen LogP contribution in [0, 0.1) is 0 Å². The Hall–Kier alpha value is 0.570. The van der Waals surface area contributed by atoms with Crippen molar-refractivity contribution < 1.29 is 37.8 Å². The molecule has 11 heteroatoms. The summed E-state index contributed by atoms with van der Waals surface area (Å²) in [6.45, 7) is 2.62. The molecule has 0 saturated carbocycles. The van der Waals surface area contributed by atoms with Crippen LogP contribution in [0.3, 0.4) is 0 Å². The molecule has 0 heterocycles. The quantitative estimate of drug-likeness (QED) is 0.275. The SMILES string of the molecule is CC(C)(S)C(OP(=O)(O)O)OP(=O)(O)O. The molecule has 15 heavy (non-hydrogen) atoms. The van der Waals surface area contributed by atoms with E-state index < -0.39 is 26.7 Å². The second-order valence-corrected chi connectivity index (χ2v) is 6.71. The van der Waals surface area contributed by atoms with Gasteiger partial charge in [-0.25, -0.2) is 9.13 Å². The highest BCUT2D eigenvalue weighted by Gasteiger charge is 2.38. The minimum absolute atomic E-state index is 1.30. The van der Waals surface area contributed by atoms with Gasteiger partial charge in [-0.15, -0.1) is 0 Å². The van der Waals surface area contributed by atoms with Crippen LogP contribution in [0.5, 0.6) is 0 Å². The van der Waals surface area contributed by atoms with Crippen molar-refractivity contribution in [3.8, 4) is 0 Å². The van der Waals surface area contributed by atoms with Gasteiger partial charge in [-0.2, -0.15) is 12.6 Å². The summed E-state index contributed by atoms with van der Waals surface area (Å²) in [7, 11) is -9.84. The monoisotopic (exact) mass is 282 g/mol. The molecule has 0 rings (SSSR count). The van der Waals surface area contributed by atoms with Gasteiger partial charge in [-0.3, -0.25) is 9.05 Å². The lowest BCUT2D eigenvalue weighted by Crippen LogP contribution is -2.34. The average molecular weight is 282 g/mol. The van der Waals surface area contributed by atoms with Crippen molar-refractivity contribution in [3.63, 3.8) is 0 Å². The molecule has 0 aliphatic heterocycles. The fourth-order valence-corrected chi connectivity index (χ4v) is 1.98. The Morgan fingerprint density at radius 2 is 1.33 bits per heavy atom. The molecule has 92 valence electrons. The first kappa shape index (κ1) is 15.6. The second kappa shape index (κ2) is 4.83. The second-order valence-electron chi connectivity index (χ2n) is 3.18. The first-order chi connectivity index (χ1) is 6.31. The third-order valence-corrected chi connectivity index (χ3v) is 2.19. The topological polar surface area (TPSA) is 134 Å². The van der Waals surface area contributed by atoms with Gasteiger partial charge >= 0.3 is 15.6 Å². The van der Waals surface area contributed by atoms with Crippen molar-refractivity contribution in [3.05, 3.63) is 0 Å². The van der Waals surface area contributed by atoms with Gasteiger partial charge in [-0.05, 0) is 13.8 Å². The molecule has 0 bridgehead atoms. The molecule has 0 aromatic heterocycles. The Labute approximate surface area is 91.5 Å². The molecule has 0 radical (unpaired) electrons. The van der Waals surface area contributed by atoms with E-state index in [0.29, 0.717) is 0 Å². The third-order valence-electron chi connectivity index (χ3n) is 1.04. The fraction of sp³-hybridized carbons (Fsp3) is 1.00. The van der Waals surface area contributed by atoms with Crippen LogP contribution in [0.15, 0.2) is 0 Å². The summed E-state index contributed by atoms with van der Waals surface area (Å²) >= 11 is 3.84. The zero-order chi connectivity index (χ0) is 12.5. The maximum Gasteiger partial charge on any atom is 0.471 e. The summed E-state index contributed by atoms with van der Waals surface area (Å²) in [5, 5.41) is 0. The van der Waals surface area contributed by atoms with Gasteiger partial charge in [0.1, 0.15) is 0 Å². The Balaban J connectivity index is 4.78. The summed E-state index contributed by atoms with van der Waals surface area (Å²) in [6, 6.07) is 0. The van der Waals surface area contributed by atoms with Crippen LogP contribution in [-0.2, 0) is 18.2 Å². The first-order valence-electron chi connectivity index (χ1n) is 3.51. The molecule has 0 unspecified atom stereocenters. The van der Waals surface area contributed by atoms with E-state index in [9.17, 15) is 9.13 Å². The molecule has 8 nitrogen and oxygen atoms in total. The van der Waals surface area contributed by atoms with Crippen LogP contribution in [0.25, 0.3) is 0 Å². The Bertz CT molecular complexity index is 274. The number of hydrogen-bond acceptors (Lipinski definition) is 5. The van der Waals surface area contributed by atoms with E-state index in [0.717, 1.165) is 0 Å². The summed E-state index contributed by atoms with van der Waals surface area (Å²) in [6.07, 6.45) is -1.84. The summed E-state index contributed by atoms with van der Waals surface area (Å²) in [5.74, 6) is 0. The highest BCUT2D eigenvalue weighted by molar-refractivity contribution is 7.81. The average Bonchev–Trinajstić information content (AvgIpc) is 1.75. The highest BCUT2D eigenvalue weighted by Crippen LogP contribution is 2.47. The van der Waals surface area contributed by atoms with E-state index in [2.05, 4.69) is 21.7 Å². The van der Waals surface area contributed by atoms with Crippen molar-refractivity contribution in [1.29, 1.82) is 0 Å². The number of thiol groups is 1. The first-order valence-corrected chi connectivity index (χ1v) is 7.02. The van der Waals surface area contributed by atoms with Gasteiger partial charge in [0, 0.05) is 0 Å². The van der Waals surface area contributed by atoms with Crippen molar-refractivity contribution in [2.45, 2.75) is 24.9 Å².